The Morgan fingerprint density at radius 2 is 2.06 bits per heavy atom. The van der Waals surface area contributed by atoms with Gasteiger partial charge in [0.05, 0.1) is 5.56 Å². The second-order valence-electron chi connectivity index (χ2n) is 4.38. The Labute approximate surface area is 112 Å². The highest BCUT2D eigenvalue weighted by molar-refractivity contribution is 7.99. The first-order chi connectivity index (χ1) is 8.72. The highest BCUT2D eigenvalue weighted by Crippen LogP contribution is 2.25. The van der Waals surface area contributed by atoms with Gasteiger partial charge in [-0.05, 0) is 26.7 Å². The molecule has 0 N–H and O–H groups in total. The summed E-state index contributed by atoms with van der Waals surface area (Å²) in [6.07, 6.45) is 1.82. The van der Waals surface area contributed by atoms with Crippen molar-refractivity contribution in [2.75, 3.05) is 23.7 Å². The Bertz CT molecular complexity index is 480. The molecule has 0 unspecified atom stereocenters. The molecule has 5 heteroatoms. The topological polar surface area (TPSA) is 38.1 Å². The van der Waals surface area contributed by atoms with E-state index in [2.05, 4.69) is 18.7 Å². The standard InChI is InChI=1S/C13H21N3OS/c1-4-10-11(15(5-2)6-3)14-13-16(12(10)17)8-7-9-18-13/h4-9H2,1-3H3. The number of fused-ring (bicyclic) bond motifs is 1. The second-order valence-corrected chi connectivity index (χ2v) is 5.44. The van der Waals surface area contributed by atoms with Crippen molar-refractivity contribution < 1.29 is 0 Å². The third kappa shape index (κ3) is 2.28. The molecule has 0 bridgehead atoms. The van der Waals surface area contributed by atoms with Gasteiger partial charge in [0.1, 0.15) is 5.82 Å². The van der Waals surface area contributed by atoms with Gasteiger partial charge in [0, 0.05) is 25.4 Å². The number of anilines is 1. The fourth-order valence-electron chi connectivity index (χ4n) is 2.35. The minimum atomic E-state index is 0.164. The summed E-state index contributed by atoms with van der Waals surface area (Å²) in [5.41, 5.74) is 1.03. The van der Waals surface area contributed by atoms with E-state index in [9.17, 15) is 4.79 Å². The van der Waals surface area contributed by atoms with Crippen molar-refractivity contribution in [3.63, 3.8) is 0 Å². The Balaban J connectivity index is 2.58. The van der Waals surface area contributed by atoms with Crippen molar-refractivity contribution in [2.45, 2.75) is 45.3 Å². The summed E-state index contributed by atoms with van der Waals surface area (Å²) in [5, 5.41) is 0.894. The van der Waals surface area contributed by atoms with Crippen LogP contribution in [0.4, 0.5) is 5.82 Å². The molecule has 18 heavy (non-hydrogen) atoms. The monoisotopic (exact) mass is 267 g/mol. The van der Waals surface area contributed by atoms with Gasteiger partial charge in [-0.1, -0.05) is 18.7 Å². The number of aromatic nitrogens is 2. The normalized spacial score (nSPS) is 14.4. The van der Waals surface area contributed by atoms with Gasteiger partial charge in [-0.2, -0.15) is 0 Å². The summed E-state index contributed by atoms with van der Waals surface area (Å²) in [7, 11) is 0. The Kier molecular flexibility index (Phi) is 4.32. The van der Waals surface area contributed by atoms with Crippen molar-refractivity contribution in [1.29, 1.82) is 0 Å². The maximum absolute atomic E-state index is 12.5. The van der Waals surface area contributed by atoms with Crippen LogP contribution in [0.2, 0.25) is 0 Å². The molecule has 0 fully saturated rings. The number of rotatable bonds is 4. The summed E-state index contributed by atoms with van der Waals surface area (Å²) >= 11 is 1.70. The van der Waals surface area contributed by atoms with Crippen LogP contribution in [-0.2, 0) is 13.0 Å². The van der Waals surface area contributed by atoms with Gasteiger partial charge in [-0.25, -0.2) is 4.98 Å². The van der Waals surface area contributed by atoms with Crippen LogP contribution in [0.1, 0.15) is 32.8 Å². The van der Waals surface area contributed by atoms with E-state index in [-0.39, 0.29) is 5.56 Å². The van der Waals surface area contributed by atoms with Gasteiger partial charge >= 0.3 is 0 Å². The number of hydrogen-bond acceptors (Lipinski definition) is 4. The average molecular weight is 267 g/mol. The Morgan fingerprint density at radius 1 is 1.33 bits per heavy atom. The maximum Gasteiger partial charge on any atom is 0.259 e. The van der Waals surface area contributed by atoms with Crippen molar-refractivity contribution in [3.05, 3.63) is 15.9 Å². The highest BCUT2D eigenvalue weighted by atomic mass is 32.2. The second kappa shape index (κ2) is 5.78. The molecule has 1 aliphatic heterocycles. The smallest absolute Gasteiger partial charge is 0.259 e. The predicted molar refractivity (Wildman–Crippen MR) is 76.8 cm³/mol. The molecule has 2 rings (SSSR count). The number of thioether (sulfide) groups is 1. The number of nitrogens with zero attached hydrogens (tertiary/aromatic N) is 3. The van der Waals surface area contributed by atoms with Crippen LogP contribution in [0.25, 0.3) is 0 Å². The first kappa shape index (κ1) is 13.5. The van der Waals surface area contributed by atoms with Crippen molar-refractivity contribution in [2.24, 2.45) is 0 Å². The summed E-state index contributed by atoms with van der Waals surface area (Å²) in [4.78, 5) is 19.4. The first-order valence-electron chi connectivity index (χ1n) is 6.74. The third-order valence-electron chi connectivity index (χ3n) is 3.38. The fraction of sp³-hybridized carbons (Fsp3) is 0.692. The largest absolute Gasteiger partial charge is 0.357 e. The Hall–Kier alpha value is -0.970. The fourth-order valence-corrected chi connectivity index (χ4v) is 3.29. The summed E-state index contributed by atoms with van der Waals surface area (Å²) in [6.45, 7) is 8.85. The Morgan fingerprint density at radius 3 is 2.67 bits per heavy atom. The van der Waals surface area contributed by atoms with E-state index in [1.165, 1.54) is 0 Å². The van der Waals surface area contributed by atoms with Crippen LogP contribution in [0.5, 0.6) is 0 Å². The molecule has 1 aliphatic rings. The molecule has 0 aromatic carbocycles. The van der Waals surface area contributed by atoms with E-state index in [1.807, 2.05) is 11.5 Å². The molecule has 0 radical (unpaired) electrons. The number of hydrogen-bond donors (Lipinski definition) is 0. The van der Waals surface area contributed by atoms with Crippen LogP contribution in [0.15, 0.2) is 9.95 Å². The van der Waals surface area contributed by atoms with Crippen LogP contribution in [0.3, 0.4) is 0 Å². The zero-order valence-corrected chi connectivity index (χ0v) is 12.2. The summed E-state index contributed by atoms with van der Waals surface area (Å²) < 4.78 is 1.85. The van der Waals surface area contributed by atoms with E-state index >= 15 is 0 Å². The molecule has 0 spiro atoms. The van der Waals surface area contributed by atoms with Gasteiger partial charge in [-0.15, -0.1) is 0 Å². The van der Waals surface area contributed by atoms with E-state index in [0.29, 0.717) is 0 Å². The maximum atomic E-state index is 12.5. The lowest BCUT2D eigenvalue weighted by Crippen LogP contribution is -2.34. The van der Waals surface area contributed by atoms with E-state index in [4.69, 9.17) is 4.98 Å². The molecular weight excluding hydrogens is 246 g/mol. The van der Waals surface area contributed by atoms with Gasteiger partial charge in [0.25, 0.3) is 5.56 Å². The highest BCUT2D eigenvalue weighted by Gasteiger charge is 2.20. The van der Waals surface area contributed by atoms with Gasteiger partial charge < -0.3 is 4.90 Å². The van der Waals surface area contributed by atoms with Gasteiger partial charge in [-0.3, -0.25) is 9.36 Å². The summed E-state index contributed by atoms with van der Waals surface area (Å²) in [6, 6.07) is 0. The predicted octanol–water partition coefficient (Wildman–Crippen LogP) is 2.15. The molecular formula is C13H21N3OS. The van der Waals surface area contributed by atoms with Crippen molar-refractivity contribution in [1.82, 2.24) is 9.55 Å². The van der Waals surface area contributed by atoms with E-state index < -0.39 is 0 Å². The zero-order valence-electron chi connectivity index (χ0n) is 11.4. The minimum Gasteiger partial charge on any atom is -0.357 e. The minimum absolute atomic E-state index is 0.164. The van der Waals surface area contributed by atoms with E-state index in [1.54, 1.807) is 11.8 Å². The third-order valence-corrected chi connectivity index (χ3v) is 4.44. The quantitative estimate of drug-likeness (QED) is 0.784. The van der Waals surface area contributed by atoms with Gasteiger partial charge in [0.2, 0.25) is 0 Å². The lowest BCUT2D eigenvalue weighted by molar-refractivity contribution is 0.554. The summed E-state index contributed by atoms with van der Waals surface area (Å²) in [5.74, 6) is 1.96. The average Bonchev–Trinajstić information content (AvgIpc) is 2.41. The van der Waals surface area contributed by atoms with Crippen LogP contribution in [0, 0.1) is 0 Å². The lowest BCUT2D eigenvalue weighted by atomic mass is 10.2. The molecule has 0 saturated heterocycles. The lowest BCUT2D eigenvalue weighted by Gasteiger charge is -2.25. The molecule has 100 valence electrons. The molecule has 1 aromatic rings. The van der Waals surface area contributed by atoms with Crippen LogP contribution < -0.4 is 10.5 Å². The van der Waals surface area contributed by atoms with Crippen molar-refractivity contribution in [3.8, 4) is 0 Å². The molecule has 4 nitrogen and oxygen atoms in total. The zero-order chi connectivity index (χ0) is 13.1. The molecule has 0 atom stereocenters. The van der Waals surface area contributed by atoms with Crippen LogP contribution >= 0.6 is 11.8 Å². The molecule has 2 heterocycles. The molecule has 0 saturated carbocycles. The molecule has 1 aromatic heterocycles. The first-order valence-corrected chi connectivity index (χ1v) is 7.72. The SMILES string of the molecule is CCc1c(N(CC)CC)nc2n(c1=O)CCCS2. The van der Waals surface area contributed by atoms with Crippen molar-refractivity contribution >= 4 is 17.6 Å². The van der Waals surface area contributed by atoms with Gasteiger partial charge in [0.15, 0.2) is 5.16 Å². The van der Waals surface area contributed by atoms with E-state index in [0.717, 1.165) is 54.8 Å². The molecule has 0 aliphatic carbocycles. The molecule has 0 amide bonds. The van der Waals surface area contributed by atoms with Crippen LogP contribution in [-0.4, -0.2) is 28.4 Å².